The molecule has 0 N–H and O–H groups in total. The van der Waals surface area contributed by atoms with Crippen LogP contribution in [0.5, 0.6) is 0 Å². The minimum Gasteiger partial charge on any atom is -0.342 e. The number of hydrogen-bond donors (Lipinski definition) is 0. The fourth-order valence-electron chi connectivity index (χ4n) is 6.54. The Morgan fingerprint density at radius 1 is 0.868 bits per heavy atom. The summed E-state index contributed by atoms with van der Waals surface area (Å²) in [5, 5.41) is 0. The van der Waals surface area contributed by atoms with E-state index in [1.807, 2.05) is 60.7 Å². The predicted octanol–water partition coefficient (Wildman–Crippen LogP) is 3.53. The first kappa shape index (κ1) is 24.6. The topological polar surface area (TPSA) is 78.0 Å². The van der Waals surface area contributed by atoms with Crippen molar-refractivity contribution < 1.29 is 19.2 Å². The molecule has 192 valence electrons. The summed E-state index contributed by atoms with van der Waals surface area (Å²) in [6.07, 6.45) is 0.148. The van der Waals surface area contributed by atoms with Crippen molar-refractivity contribution >= 4 is 39.6 Å². The van der Waals surface area contributed by atoms with Crippen molar-refractivity contribution in [3.05, 3.63) is 106 Å². The van der Waals surface area contributed by atoms with E-state index in [-0.39, 0.29) is 43.1 Å². The maximum atomic E-state index is 14.2. The molecule has 3 aliphatic heterocycles. The zero-order chi connectivity index (χ0) is 26.6. The van der Waals surface area contributed by atoms with Gasteiger partial charge in [-0.2, -0.15) is 0 Å². The number of carbonyl (C=O) groups excluding carboxylic acids is 4. The molecule has 7 nitrogen and oxygen atoms in total. The Labute approximate surface area is 229 Å². The first-order valence-corrected chi connectivity index (χ1v) is 13.4. The van der Waals surface area contributed by atoms with Crippen LogP contribution in [0.25, 0.3) is 0 Å². The first-order valence-electron chi connectivity index (χ1n) is 12.6. The molecule has 2 bridgehead atoms. The van der Waals surface area contributed by atoms with Gasteiger partial charge < -0.3 is 9.80 Å². The van der Waals surface area contributed by atoms with E-state index in [1.165, 1.54) is 4.90 Å². The largest absolute Gasteiger partial charge is 0.342 e. The molecule has 4 amide bonds. The van der Waals surface area contributed by atoms with Crippen LogP contribution in [0.15, 0.2) is 89.4 Å². The number of imide groups is 1. The summed E-state index contributed by atoms with van der Waals surface area (Å²) in [5.41, 5.74) is 0.564. The van der Waals surface area contributed by atoms with Gasteiger partial charge in [0.1, 0.15) is 5.54 Å². The number of carbonyl (C=O) groups is 4. The molecular weight excluding hydrogens is 546 g/mol. The summed E-state index contributed by atoms with van der Waals surface area (Å²) in [7, 11) is 1.69. The molecule has 4 atom stereocenters. The maximum Gasteiger partial charge on any atom is 0.255 e. The molecule has 6 rings (SSSR count). The van der Waals surface area contributed by atoms with Crippen LogP contribution in [0.1, 0.15) is 21.5 Å². The van der Waals surface area contributed by atoms with E-state index in [2.05, 4.69) is 15.9 Å². The second-order valence-corrected chi connectivity index (χ2v) is 11.2. The Hall–Kier alpha value is -3.78. The van der Waals surface area contributed by atoms with E-state index < -0.39 is 23.4 Å². The standard InChI is InChI=1S/C30H26BrN3O4/c1-32-18-23-24-25(28(37)33(27(24)36)17-20-10-6-3-7-11-20)30(29(32)38,16-19-8-4-2-5-9-19)34(23)26(35)21-12-14-22(31)15-13-21/h2-15,23-25H,16-18H2,1H3/t23-,24+,25-,30-/m1/s1. The summed E-state index contributed by atoms with van der Waals surface area (Å²) in [6.45, 7) is 0.335. The van der Waals surface area contributed by atoms with E-state index in [4.69, 9.17) is 0 Å². The van der Waals surface area contributed by atoms with Crippen molar-refractivity contribution in [3.8, 4) is 0 Å². The van der Waals surface area contributed by atoms with Gasteiger partial charge in [0, 0.05) is 30.0 Å². The third kappa shape index (κ3) is 3.61. The highest BCUT2D eigenvalue weighted by molar-refractivity contribution is 9.10. The Morgan fingerprint density at radius 3 is 2.11 bits per heavy atom. The molecule has 3 aliphatic rings. The monoisotopic (exact) mass is 571 g/mol. The number of hydrogen-bond acceptors (Lipinski definition) is 4. The molecule has 8 heteroatoms. The van der Waals surface area contributed by atoms with Gasteiger partial charge in [0.05, 0.1) is 24.4 Å². The molecule has 0 saturated carbocycles. The van der Waals surface area contributed by atoms with Crippen LogP contribution < -0.4 is 0 Å². The highest BCUT2D eigenvalue weighted by Crippen LogP contribution is 2.54. The quantitative estimate of drug-likeness (QED) is 0.439. The molecule has 0 aliphatic carbocycles. The van der Waals surface area contributed by atoms with Crippen molar-refractivity contribution in [1.29, 1.82) is 0 Å². The van der Waals surface area contributed by atoms with Gasteiger partial charge in [-0.25, -0.2) is 0 Å². The van der Waals surface area contributed by atoms with Crippen LogP contribution in [0.4, 0.5) is 0 Å². The van der Waals surface area contributed by atoms with E-state index in [0.29, 0.717) is 5.56 Å². The Balaban J connectivity index is 1.50. The van der Waals surface area contributed by atoms with E-state index >= 15 is 0 Å². The molecule has 38 heavy (non-hydrogen) atoms. The van der Waals surface area contributed by atoms with Gasteiger partial charge in [-0.3, -0.25) is 24.1 Å². The second-order valence-electron chi connectivity index (χ2n) is 10.3. The molecule has 0 unspecified atom stereocenters. The van der Waals surface area contributed by atoms with Gasteiger partial charge in [0.25, 0.3) is 5.91 Å². The number of halogens is 1. The van der Waals surface area contributed by atoms with Crippen LogP contribution in [0, 0.1) is 11.8 Å². The van der Waals surface area contributed by atoms with Gasteiger partial charge in [0.2, 0.25) is 17.7 Å². The molecule has 3 aromatic carbocycles. The fourth-order valence-corrected chi connectivity index (χ4v) is 6.80. The molecule has 3 saturated heterocycles. The average molecular weight is 572 g/mol. The lowest BCUT2D eigenvalue weighted by atomic mass is 9.75. The number of amides is 4. The van der Waals surface area contributed by atoms with Crippen LogP contribution in [-0.4, -0.2) is 63.5 Å². The number of nitrogens with zero attached hydrogens (tertiary/aromatic N) is 3. The van der Waals surface area contributed by atoms with Crippen LogP contribution >= 0.6 is 15.9 Å². The van der Waals surface area contributed by atoms with E-state index in [9.17, 15) is 19.2 Å². The van der Waals surface area contributed by atoms with E-state index in [1.54, 1.807) is 41.1 Å². The summed E-state index contributed by atoms with van der Waals surface area (Å²) < 4.78 is 0.823. The second kappa shape index (κ2) is 9.20. The Kier molecular flexibility index (Phi) is 5.94. The third-order valence-electron chi connectivity index (χ3n) is 8.12. The number of piperazine rings is 1. The van der Waals surface area contributed by atoms with Gasteiger partial charge in [-0.05, 0) is 35.4 Å². The zero-order valence-electron chi connectivity index (χ0n) is 20.8. The summed E-state index contributed by atoms with van der Waals surface area (Å²) in [5.74, 6) is -3.10. The van der Waals surface area contributed by atoms with Crippen molar-refractivity contribution in [2.24, 2.45) is 11.8 Å². The summed E-state index contributed by atoms with van der Waals surface area (Å²) in [6, 6.07) is 25.1. The third-order valence-corrected chi connectivity index (χ3v) is 8.65. The van der Waals surface area contributed by atoms with Crippen molar-refractivity contribution in [1.82, 2.24) is 14.7 Å². The lowest BCUT2D eigenvalue weighted by Gasteiger charge is -2.49. The highest BCUT2D eigenvalue weighted by atomic mass is 79.9. The summed E-state index contributed by atoms with van der Waals surface area (Å²) >= 11 is 3.41. The van der Waals surface area contributed by atoms with Crippen molar-refractivity contribution in [3.63, 3.8) is 0 Å². The van der Waals surface area contributed by atoms with Crippen molar-refractivity contribution in [2.45, 2.75) is 24.5 Å². The smallest absolute Gasteiger partial charge is 0.255 e. The number of benzene rings is 3. The van der Waals surface area contributed by atoms with Gasteiger partial charge >= 0.3 is 0 Å². The normalized spacial score (nSPS) is 26.2. The van der Waals surface area contributed by atoms with Gasteiger partial charge in [0.15, 0.2) is 0 Å². The maximum absolute atomic E-state index is 14.2. The molecule has 3 fully saturated rings. The molecular formula is C30H26BrN3O4. The molecule has 3 aromatic rings. The SMILES string of the molecule is CN1C[C@@H]2[C@@H]3C(=O)N(Cc4ccccc4)C(=O)[C@@H]3[C@](Cc3ccccc3)(C1=O)N2C(=O)c1ccc(Br)cc1. The first-order chi connectivity index (χ1) is 18.3. The number of likely N-dealkylation sites (N-methyl/N-ethyl adjacent to an activating group) is 1. The number of rotatable bonds is 5. The predicted molar refractivity (Wildman–Crippen MR) is 144 cm³/mol. The fraction of sp³-hybridized carbons (Fsp3) is 0.267. The van der Waals surface area contributed by atoms with Crippen LogP contribution in [0.3, 0.4) is 0 Å². The van der Waals surface area contributed by atoms with Crippen LogP contribution in [0.2, 0.25) is 0 Å². The minimum atomic E-state index is -1.51. The Bertz CT molecular complexity index is 1430. The number of fused-ring (bicyclic) bond motifs is 5. The number of likely N-dealkylation sites (tertiary alicyclic amines) is 2. The lowest BCUT2D eigenvalue weighted by Crippen LogP contribution is -2.69. The van der Waals surface area contributed by atoms with Gasteiger partial charge in [-0.15, -0.1) is 0 Å². The molecule has 0 radical (unpaired) electrons. The van der Waals surface area contributed by atoms with Crippen LogP contribution in [-0.2, 0) is 27.3 Å². The van der Waals surface area contributed by atoms with Crippen molar-refractivity contribution in [2.75, 3.05) is 13.6 Å². The van der Waals surface area contributed by atoms with E-state index in [0.717, 1.165) is 15.6 Å². The molecule has 0 aromatic heterocycles. The summed E-state index contributed by atoms with van der Waals surface area (Å²) in [4.78, 5) is 60.9. The van der Waals surface area contributed by atoms with Gasteiger partial charge in [-0.1, -0.05) is 76.6 Å². The minimum absolute atomic E-state index is 0.143. The molecule has 0 spiro atoms. The highest BCUT2D eigenvalue weighted by Gasteiger charge is 2.75. The Morgan fingerprint density at radius 2 is 1.47 bits per heavy atom. The molecule has 3 heterocycles. The average Bonchev–Trinajstić information content (AvgIpc) is 3.31. The zero-order valence-corrected chi connectivity index (χ0v) is 22.4. The lowest BCUT2D eigenvalue weighted by molar-refractivity contribution is -0.155.